The molecule has 6 heteroatoms. The number of halogens is 1. The first-order valence-electron chi connectivity index (χ1n) is 9.19. The molecule has 0 atom stereocenters. The SMILES string of the molecule is COC(=O)c1nc(C2CC2)nc(NC2(/C=C/c3ccc(C)cc3)CC2)c1Cl. The summed E-state index contributed by atoms with van der Waals surface area (Å²) in [6.07, 6.45) is 8.33. The summed E-state index contributed by atoms with van der Waals surface area (Å²) in [7, 11) is 1.33. The number of carbonyl (C=O) groups excluding carboxylic acids is 1. The lowest BCUT2D eigenvalue weighted by molar-refractivity contribution is 0.0593. The minimum absolute atomic E-state index is 0.136. The van der Waals surface area contributed by atoms with Gasteiger partial charge in [0.15, 0.2) is 5.69 Å². The van der Waals surface area contributed by atoms with Gasteiger partial charge in [0, 0.05) is 5.92 Å². The van der Waals surface area contributed by atoms with Crippen molar-refractivity contribution in [3.63, 3.8) is 0 Å². The number of anilines is 1. The number of methoxy groups -OCH3 is 1. The number of nitrogens with zero attached hydrogens (tertiary/aromatic N) is 2. The Morgan fingerprint density at radius 2 is 1.96 bits per heavy atom. The summed E-state index contributed by atoms with van der Waals surface area (Å²) < 4.78 is 4.83. The van der Waals surface area contributed by atoms with Crippen LogP contribution in [0.3, 0.4) is 0 Å². The normalized spacial score (nSPS) is 17.7. The zero-order valence-corrected chi connectivity index (χ0v) is 16.2. The Balaban J connectivity index is 1.60. The molecule has 1 N–H and O–H groups in total. The molecule has 0 radical (unpaired) electrons. The molecule has 0 spiro atoms. The van der Waals surface area contributed by atoms with E-state index >= 15 is 0 Å². The molecule has 140 valence electrons. The Hall–Kier alpha value is -2.40. The van der Waals surface area contributed by atoms with Gasteiger partial charge in [-0.1, -0.05) is 53.6 Å². The molecule has 0 aliphatic heterocycles. The molecule has 0 saturated heterocycles. The number of nitrogens with one attached hydrogen (secondary N) is 1. The van der Waals surface area contributed by atoms with Crippen molar-refractivity contribution in [1.29, 1.82) is 0 Å². The molecule has 1 aromatic carbocycles. The zero-order chi connectivity index (χ0) is 19.0. The predicted molar refractivity (Wildman–Crippen MR) is 106 cm³/mol. The number of aromatic nitrogens is 2. The first-order valence-corrected chi connectivity index (χ1v) is 9.57. The van der Waals surface area contributed by atoms with Crippen molar-refractivity contribution >= 4 is 29.5 Å². The van der Waals surface area contributed by atoms with Gasteiger partial charge in [0.05, 0.1) is 12.6 Å². The third kappa shape index (κ3) is 3.98. The van der Waals surface area contributed by atoms with Crippen molar-refractivity contribution in [3.05, 3.63) is 58.0 Å². The van der Waals surface area contributed by atoms with Crippen molar-refractivity contribution in [2.45, 2.75) is 44.1 Å². The summed E-state index contributed by atoms with van der Waals surface area (Å²) in [5.41, 5.74) is 2.34. The van der Waals surface area contributed by atoms with Crippen LogP contribution >= 0.6 is 11.6 Å². The van der Waals surface area contributed by atoms with E-state index in [1.54, 1.807) is 0 Å². The number of hydrogen-bond donors (Lipinski definition) is 1. The van der Waals surface area contributed by atoms with Crippen molar-refractivity contribution in [3.8, 4) is 0 Å². The van der Waals surface area contributed by atoms with E-state index in [0.717, 1.165) is 31.2 Å². The van der Waals surface area contributed by atoms with Gasteiger partial charge in [-0.3, -0.25) is 0 Å². The minimum Gasteiger partial charge on any atom is -0.464 e. The van der Waals surface area contributed by atoms with Gasteiger partial charge in [-0.15, -0.1) is 0 Å². The fourth-order valence-electron chi connectivity index (χ4n) is 2.94. The van der Waals surface area contributed by atoms with Crippen molar-refractivity contribution < 1.29 is 9.53 Å². The molecular weight excluding hydrogens is 362 g/mol. The van der Waals surface area contributed by atoms with Crippen LogP contribution in [-0.2, 0) is 4.74 Å². The maximum atomic E-state index is 12.1. The third-order valence-corrected chi connectivity index (χ3v) is 5.38. The topological polar surface area (TPSA) is 64.1 Å². The molecular formula is C21H22ClN3O2. The molecule has 2 saturated carbocycles. The second-order valence-electron chi connectivity index (χ2n) is 7.38. The van der Waals surface area contributed by atoms with E-state index in [1.165, 1.54) is 12.7 Å². The van der Waals surface area contributed by atoms with Gasteiger partial charge < -0.3 is 10.1 Å². The molecule has 1 aromatic heterocycles. The largest absolute Gasteiger partial charge is 0.464 e. The fourth-order valence-corrected chi connectivity index (χ4v) is 3.15. The van der Waals surface area contributed by atoms with Gasteiger partial charge in [-0.2, -0.15) is 0 Å². The van der Waals surface area contributed by atoms with Gasteiger partial charge in [-0.25, -0.2) is 14.8 Å². The van der Waals surface area contributed by atoms with Crippen molar-refractivity contribution in [2.24, 2.45) is 0 Å². The highest BCUT2D eigenvalue weighted by molar-refractivity contribution is 6.35. The van der Waals surface area contributed by atoms with Crippen LogP contribution in [0.2, 0.25) is 5.02 Å². The number of aryl methyl sites for hydroxylation is 1. The van der Waals surface area contributed by atoms with Crippen LogP contribution in [0.15, 0.2) is 30.3 Å². The maximum absolute atomic E-state index is 12.1. The molecule has 0 bridgehead atoms. The van der Waals surface area contributed by atoms with Crippen LogP contribution in [-0.4, -0.2) is 28.6 Å². The smallest absolute Gasteiger partial charge is 0.358 e. The molecule has 0 amide bonds. The van der Waals surface area contributed by atoms with Crippen LogP contribution < -0.4 is 5.32 Å². The second-order valence-corrected chi connectivity index (χ2v) is 7.76. The van der Waals surface area contributed by atoms with E-state index in [0.29, 0.717) is 17.6 Å². The first-order chi connectivity index (χ1) is 13.0. The minimum atomic E-state index is -0.535. The van der Waals surface area contributed by atoms with Crippen LogP contribution in [0.25, 0.3) is 6.08 Å². The van der Waals surface area contributed by atoms with E-state index in [9.17, 15) is 4.79 Å². The molecule has 0 unspecified atom stereocenters. The zero-order valence-electron chi connectivity index (χ0n) is 15.5. The quantitative estimate of drug-likeness (QED) is 0.728. The Labute approximate surface area is 163 Å². The summed E-state index contributed by atoms with van der Waals surface area (Å²) in [5, 5.41) is 3.67. The summed E-state index contributed by atoms with van der Waals surface area (Å²) in [5.74, 6) is 0.956. The van der Waals surface area contributed by atoms with Gasteiger partial charge >= 0.3 is 5.97 Å². The number of esters is 1. The average molecular weight is 384 g/mol. The predicted octanol–water partition coefficient (Wildman–Crippen LogP) is 4.76. The molecule has 5 nitrogen and oxygen atoms in total. The highest BCUT2D eigenvalue weighted by atomic mass is 35.5. The van der Waals surface area contributed by atoms with E-state index in [2.05, 4.69) is 58.6 Å². The third-order valence-electron chi connectivity index (χ3n) is 5.02. The van der Waals surface area contributed by atoms with Crippen molar-refractivity contribution in [1.82, 2.24) is 9.97 Å². The average Bonchev–Trinajstić information content (AvgIpc) is 3.58. The van der Waals surface area contributed by atoms with Gasteiger partial charge in [0.25, 0.3) is 0 Å². The fraction of sp³-hybridized carbons (Fsp3) is 0.381. The van der Waals surface area contributed by atoms with Gasteiger partial charge in [0.2, 0.25) is 0 Å². The van der Waals surface area contributed by atoms with Crippen LogP contribution in [0.4, 0.5) is 5.82 Å². The lowest BCUT2D eigenvalue weighted by Gasteiger charge is -2.17. The molecule has 2 aromatic rings. The number of ether oxygens (including phenoxy) is 1. The highest BCUT2D eigenvalue weighted by Gasteiger charge is 2.41. The van der Waals surface area contributed by atoms with Gasteiger partial charge in [0.1, 0.15) is 16.7 Å². The first kappa shape index (κ1) is 18.0. The Kier molecular flexibility index (Phi) is 4.64. The van der Waals surface area contributed by atoms with Crippen LogP contribution in [0.5, 0.6) is 0 Å². The monoisotopic (exact) mass is 383 g/mol. The number of rotatable bonds is 6. The molecule has 27 heavy (non-hydrogen) atoms. The maximum Gasteiger partial charge on any atom is 0.358 e. The van der Waals surface area contributed by atoms with Crippen LogP contribution in [0, 0.1) is 6.92 Å². The molecule has 2 fully saturated rings. The Bertz CT molecular complexity index is 900. The number of benzene rings is 1. The summed E-state index contributed by atoms with van der Waals surface area (Å²) >= 11 is 6.44. The molecule has 1 heterocycles. The summed E-state index contributed by atoms with van der Waals surface area (Å²) in [6, 6.07) is 8.39. The standard InChI is InChI=1S/C21H22ClN3O2/c1-13-3-5-14(6-4-13)9-10-21(11-12-21)25-19-16(22)17(20(26)27-2)23-18(24-19)15-7-8-15/h3-6,9-10,15H,7-8,11-12H2,1-2H3,(H,23,24,25)/b10-9+. The number of hydrogen-bond acceptors (Lipinski definition) is 5. The molecule has 2 aliphatic carbocycles. The van der Waals surface area contributed by atoms with E-state index in [1.807, 2.05) is 0 Å². The second kappa shape index (κ2) is 6.97. The number of carbonyl (C=O) groups is 1. The summed E-state index contributed by atoms with van der Waals surface area (Å²) in [6.45, 7) is 2.07. The Morgan fingerprint density at radius 1 is 1.26 bits per heavy atom. The molecule has 4 rings (SSSR count). The highest BCUT2D eigenvalue weighted by Crippen LogP contribution is 2.44. The van der Waals surface area contributed by atoms with E-state index < -0.39 is 5.97 Å². The van der Waals surface area contributed by atoms with Crippen LogP contribution in [0.1, 0.15) is 59.0 Å². The lowest BCUT2D eigenvalue weighted by Crippen LogP contribution is -2.21. The molecule has 2 aliphatic rings. The van der Waals surface area contributed by atoms with Crippen molar-refractivity contribution in [2.75, 3.05) is 12.4 Å². The lowest BCUT2D eigenvalue weighted by atomic mass is 10.1. The van der Waals surface area contributed by atoms with E-state index in [-0.39, 0.29) is 16.3 Å². The van der Waals surface area contributed by atoms with Gasteiger partial charge in [-0.05, 0) is 38.2 Å². The van der Waals surface area contributed by atoms with E-state index in [4.69, 9.17) is 16.3 Å². The Morgan fingerprint density at radius 3 is 2.56 bits per heavy atom. The summed E-state index contributed by atoms with van der Waals surface area (Å²) in [4.78, 5) is 21.0.